The number of benzene rings is 2. The zero-order chi connectivity index (χ0) is 18.4. The highest BCUT2D eigenvalue weighted by molar-refractivity contribution is 6.21. The van der Waals surface area contributed by atoms with Crippen molar-refractivity contribution < 1.29 is 19.6 Å². The average molecular weight is 353 g/mol. The van der Waals surface area contributed by atoms with Gasteiger partial charge in [0, 0.05) is 6.42 Å². The van der Waals surface area contributed by atoms with Crippen LogP contribution in [0.1, 0.15) is 25.3 Å². The van der Waals surface area contributed by atoms with Crippen LogP contribution in [0.4, 0.5) is 5.69 Å². The van der Waals surface area contributed by atoms with Gasteiger partial charge in [0.1, 0.15) is 5.75 Å². The molecule has 1 heterocycles. The van der Waals surface area contributed by atoms with Gasteiger partial charge in [0.15, 0.2) is 6.04 Å². The highest BCUT2D eigenvalue weighted by Gasteiger charge is 2.42. The quantitative estimate of drug-likeness (QED) is 0.738. The number of quaternary nitrogens is 1. The predicted octanol–water partition coefficient (Wildman–Crippen LogP) is 1.91. The maximum Gasteiger partial charge on any atom is 0.292 e. The number of amides is 2. The zero-order valence-electron chi connectivity index (χ0n) is 15.1. The van der Waals surface area contributed by atoms with Crippen molar-refractivity contribution >= 4 is 17.5 Å². The molecule has 2 amide bonds. The van der Waals surface area contributed by atoms with Gasteiger partial charge in [0.2, 0.25) is 5.91 Å². The van der Waals surface area contributed by atoms with E-state index in [4.69, 9.17) is 4.74 Å². The Labute approximate surface area is 154 Å². The van der Waals surface area contributed by atoms with E-state index < -0.39 is 0 Å². The van der Waals surface area contributed by atoms with E-state index in [0.717, 1.165) is 25.1 Å². The molecule has 1 fully saturated rings. The molecule has 0 radical (unpaired) electrons. The molecule has 5 nitrogen and oxygen atoms in total. The Balaban J connectivity index is 1.58. The van der Waals surface area contributed by atoms with Gasteiger partial charge in [-0.3, -0.25) is 9.59 Å². The highest BCUT2D eigenvalue weighted by Crippen LogP contribution is 2.24. The predicted molar refractivity (Wildman–Crippen MR) is 100 cm³/mol. The molecule has 0 saturated carbocycles. The number of hydrogen-bond donors (Lipinski definition) is 1. The van der Waals surface area contributed by atoms with Gasteiger partial charge in [-0.1, -0.05) is 37.3 Å². The summed E-state index contributed by atoms with van der Waals surface area (Å²) in [6.07, 6.45) is 2.06. The van der Waals surface area contributed by atoms with Gasteiger partial charge >= 0.3 is 0 Å². The van der Waals surface area contributed by atoms with Crippen molar-refractivity contribution in [3.05, 3.63) is 60.2 Å². The van der Waals surface area contributed by atoms with E-state index in [1.54, 1.807) is 24.3 Å². The molecule has 0 aliphatic carbocycles. The summed E-state index contributed by atoms with van der Waals surface area (Å²) >= 11 is 0. The Kier molecular flexibility index (Phi) is 6.02. The van der Waals surface area contributed by atoms with Gasteiger partial charge in [-0.2, -0.15) is 0 Å². The monoisotopic (exact) mass is 353 g/mol. The molecule has 1 aliphatic heterocycles. The van der Waals surface area contributed by atoms with Crippen molar-refractivity contribution in [1.29, 1.82) is 0 Å². The number of carbonyl (C=O) groups is 2. The summed E-state index contributed by atoms with van der Waals surface area (Å²) in [6, 6.07) is 17.0. The fourth-order valence-corrected chi connectivity index (χ4v) is 3.12. The SMILES string of the molecule is CCCOc1ccc(N2C(=O)C[C@H]([NH2+]CCc3ccccc3)C2=O)cc1. The van der Waals surface area contributed by atoms with Crippen LogP contribution in [0.5, 0.6) is 5.75 Å². The van der Waals surface area contributed by atoms with Crippen LogP contribution in [0.3, 0.4) is 0 Å². The van der Waals surface area contributed by atoms with E-state index in [1.165, 1.54) is 10.5 Å². The van der Waals surface area contributed by atoms with Crippen LogP contribution >= 0.6 is 0 Å². The largest absolute Gasteiger partial charge is 0.494 e. The number of nitrogens with two attached hydrogens (primary N) is 1. The molecule has 26 heavy (non-hydrogen) atoms. The van der Waals surface area contributed by atoms with E-state index in [0.29, 0.717) is 12.3 Å². The number of carbonyl (C=O) groups excluding carboxylic acids is 2. The molecule has 3 rings (SSSR count). The minimum atomic E-state index is -0.331. The number of anilines is 1. The minimum Gasteiger partial charge on any atom is -0.494 e. The van der Waals surface area contributed by atoms with Gasteiger partial charge in [0.25, 0.3) is 5.91 Å². The summed E-state index contributed by atoms with van der Waals surface area (Å²) in [4.78, 5) is 26.3. The first-order chi connectivity index (χ1) is 12.7. The van der Waals surface area contributed by atoms with Crippen LogP contribution in [0.15, 0.2) is 54.6 Å². The van der Waals surface area contributed by atoms with E-state index >= 15 is 0 Å². The van der Waals surface area contributed by atoms with Gasteiger partial charge in [-0.25, -0.2) is 4.90 Å². The normalized spacial score (nSPS) is 17.0. The summed E-state index contributed by atoms with van der Waals surface area (Å²) in [7, 11) is 0. The molecule has 5 heteroatoms. The van der Waals surface area contributed by atoms with Gasteiger partial charge in [0.05, 0.1) is 25.3 Å². The van der Waals surface area contributed by atoms with Gasteiger partial charge in [-0.05, 0) is 36.2 Å². The lowest BCUT2D eigenvalue weighted by atomic mass is 10.1. The molecule has 0 unspecified atom stereocenters. The first kappa shape index (κ1) is 18.1. The third-order valence-corrected chi connectivity index (χ3v) is 4.48. The number of rotatable bonds is 8. The summed E-state index contributed by atoms with van der Waals surface area (Å²) in [5, 5.41) is 1.98. The Morgan fingerprint density at radius 3 is 2.50 bits per heavy atom. The molecule has 2 N–H and O–H groups in total. The Morgan fingerprint density at radius 1 is 1.08 bits per heavy atom. The summed E-state index contributed by atoms with van der Waals surface area (Å²) in [5.74, 6) is 0.476. The van der Waals surface area contributed by atoms with Crippen molar-refractivity contribution in [2.75, 3.05) is 18.1 Å². The molecule has 2 aromatic carbocycles. The molecular weight excluding hydrogens is 328 g/mol. The highest BCUT2D eigenvalue weighted by atomic mass is 16.5. The van der Waals surface area contributed by atoms with Gasteiger partial charge in [-0.15, -0.1) is 0 Å². The molecule has 2 aromatic rings. The van der Waals surface area contributed by atoms with Crippen LogP contribution < -0.4 is 15.0 Å². The van der Waals surface area contributed by atoms with Crippen molar-refractivity contribution in [3.8, 4) is 5.75 Å². The van der Waals surface area contributed by atoms with E-state index in [9.17, 15) is 9.59 Å². The number of imide groups is 1. The second kappa shape index (κ2) is 8.63. The molecule has 1 aliphatic rings. The fraction of sp³-hybridized carbons (Fsp3) is 0.333. The molecule has 1 saturated heterocycles. The summed E-state index contributed by atoms with van der Waals surface area (Å²) in [5.41, 5.74) is 1.85. The second-order valence-corrected chi connectivity index (χ2v) is 6.48. The van der Waals surface area contributed by atoms with E-state index in [1.807, 2.05) is 30.4 Å². The lowest BCUT2D eigenvalue weighted by molar-refractivity contribution is -0.674. The molecule has 136 valence electrons. The van der Waals surface area contributed by atoms with Crippen molar-refractivity contribution in [1.82, 2.24) is 0 Å². The Bertz CT molecular complexity index is 744. The lowest BCUT2D eigenvalue weighted by Crippen LogP contribution is -2.92. The zero-order valence-corrected chi connectivity index (χ0v) is 15.1. The maximum absolute atomic E-state index is 12.7. The molecule has 1 atom stereocenters. The lowest BCUT2D eigenvalue weighted by Gasteiger charge is -2.15. The topological polar surface area (TPSA) is 63.2 Å². The maximum atomic E-state index is 12.7. The van der Waals surface area contributed by atoms with Crippen LogP contribution in [-0.2, 0) is 16.0 Å². The Hall–Kier alpha value is -2.66. The van der Waals surface area contributed by atoms with E-state index in [2.05, 4.69) is 12.1 Å². The molecular formula is C21H25N2O3+. The number of hydrogen-bond acceptors (Lipinski definition) is 3. The van der Waals surface area contributed by atoms with E-state index in [-0.39, 0.29) is 24.3 Å². The Morgan fingerprint density at radius 2 is 1.81 bits per heavy atom. The van der Waals surface area contributed by atoms with Crippen molar-refractivity contribution in [2.24, 2.45) is 0 Å². The van der Waals surface area contributed by atoms with Gasteiger partial charge < -0.3 is 10.1 Å². The van der Waals surface area contributed by atoms with Crippen molar-refractivity contribution in [2.45, 2.75) is 32.2 Å². The minimum absolute atomic E-state index is 0.134. The number of nitrogens with zero attached hydrogens (tertiary/aromatic N) is 1. The third kappa shape index (κ3) is 4.29. The van der Waals surface area contributed by atoms with Crippen LogP contribution in [-0.4, -0.2) is 31.0 Å². The average Bonchev–Trinajstić information content (AvgIpc) is 2.95. The van der Waals surface area contributed by atoms with Crippen molar-refractivity contribution in [3.63, 3.8) is 0 Å². The first-order valence-electron chi connectivity index (χ1n) is 9.16. The number of ether oxygens (including phenoxy) is 1. The standard InChI is InChI=1S/C21H24N2O3/c1-2-14-26-18-10-8-17(9-11-18)23-20(24)15-19(21(23)25)22-13-12-16-6-4-3-5-7-16/h3-11,19,22H,2,12-15H2,1H3/p+1/t19-/m0/s1. The molecule has 0 bridgehead atoms. The third-order valence-electron chi connectivity index (χ3n) is 4.48. The fourth-order valence-electron chi connectivity index (χ4n) is 3.12. The van der Waals surface area contributed by atoms with Crippen LogP contribution in [0, 0.1) is 0 Å². The summed E-state index contributed by atoms with van der Waals surface area (Å²) < 4.78 is 5.55. The second-order valence-electron chi connectivity index (χ2n) is 6.48. The smallest absolute Gasteiger partial charge is 0.292 e. The first-order valence-corrected chi connectivity index (χ1v) is 9.16. The molecule has 0 spiro atoms. The van der Waals surface area contributed by atoms with Crippen LogP contribution in [0.2, 0.25) is 0 Å². The molecule has 0 aromatic heterocycles. The van der Waals surface area contributed by atoms with Crippen LogP contribution in [0.25, 0.3) is 0 Å². The summed E-state index contributed by atoms with van der Waals surface area (Å²) in [6.45, 7) is 3.48.